The van der Waals surface area contributed by atoms with Crippen LogP contribution in [0.25, 0.3) is 0 Å². The van der Waals surface area contributed by atoms with Crippen LogP contribution < -0.4 is 10.1 Å². The number of hydrogen-bond donors (Lipinski definition) is 1. The first-order valence-corrected chi connectivity index (χ1v) is 10.2. The molecule has 0 spiro atoms. The van der Waals surface area contributed by atoms with Crippen LogP contribution in [0.4, 0.5) is 18.9 Å². The molecule has 0 heterocycles. The van der Waals surface area contributed by atoms with Crippen molar-refractivity contribution in [3.8, 4) is 5.75 Å². The van der Waals surface area contributed by atoms with Crippen molar-refractivity contribution in [2.24, 2.45) is 0 Å². The molecule has 0 aliphatic heterocycles. The Morgan fingerprint density at radius 1 is 1.00 bits per heavy atom. The number of amides is 1. The average molecular weight is 437 g/mol. The second kappa shape index (κ2) is 8.54. The first-order chi connectivity index (χ1) is 15.3. The molecule has 1 N–H and O–H groups in total. The Morgan fingerprint density at radius 3 is 2.22 bits per heavy atom. The number of nitrogens with one attached hydrogen (secondary N) is 1. The van der Waals surface area contributed by atoms with E-state index in [0.717, 1.165) is 22.8 Å². The predicted octanol–water partition coefficient (Wildman–Crippen LogP) is 5.95. The van der Waals surface area contributed by atoms with Crippen molar-refractivity contribution in [3.63, 3.8) is 0 Å². The molecule has 0 bridgehead atoms. The van der Waals surface area contributed by atoms with Crippen molar-refractivity contribution in [2.75, 3.05) is 11.9 Å². The Morgan fingerprint density at radius 2 is 1.62 bits per heavy atom. The van der Waals surface area contributed by atoms with Crippen LogP contribution in [0, 0.1) is 0 Å². The highest BCUT2D eigenvalue weighted by Gasteiger charge is 2.45. The molecule has 0 saturated heterocycles. The fourth-order valence-corrected chi connectivity index (χ4v) is 4.22. The molecule has 0 fully saturated rings. The Bertz CT molecular complexity index is 1110. The molecule has 1 aliphatic rings. The monoisotopic (exact) mass is 437 g/mol. The largest absolute Gasteiger partial charge is 0.489 e. The van der Waals surface area contributed by atoms with Gasteiger partial charge in [-0.05, 0) is 47.7 Å². The van der Waals surface area contributed by atoms with Gasteiger partial charge in [0.15, 0.2) is 0 Å². The van der Waals surface area contributed by atoms with Crippen LogP contribution in [0.1, 0.15) is 22.3 Å². The highest BCUT2D eigenvalue weighted by atomic mass is 19.4. The van der Waals surface area contributed by atoms with Gasteiger partial charge in [0.05, 0.1) is 11.0 Å². The van der Waals surface area contributed by atoms with E-state index in [0.29, 0.717) is 12.8 Å². The lowest BCUT2D eigenvalue weighted by Gasteiger charge is -2.29. The zero-order valence-electron chi connectivity index (χ0n) is 17.3. The quantitative estimate of drug-likeness (QED) is 0.485. The van der Waals surface area contributed by atoms with Crippen LogP contribution in [-0.4, -0.2) is 12.5 Å². The minimum Gasteiger partial charge on any atom is -0.489 e. The molecule has 32 heavy (non-hydrogen) atoms. The third-order valence-corrected chi connectivity index (χ3v) is 5.76. The minimum absolute atomic E-state index is 0.0514. The number of fused-ring (bicyclic) bond motifs is 1. The SMILES string of the molecule is C=CCOc1ccc(NC(=O)C2(c3ccccc3)Cc3ccccc3C2)cc1C(F)(F)F. The number of benzene rings is 3. The third kappa shape index (κ3) is 4.13. The number of anilines is 1. The molecule has 0 saturated carbocycles. The molecule has 1 amide bonds. The Balaban J connectivity index is 1.69. The maximum atomic E-state index is 13.6. The molecule has 0 aromatic heterocycles. The van der Waals surface area contributed by atoms with Gasteiger partial charge in [0.1, 0.15) is 12.4 Å². The molecule has 0 atom stereocenters. The smallest absolute Gasteiger partial charge is 0.420 e. The second-order valence-corrected chi connectivity index (χ2v) is 7.83. The van der Waals surface area contributed by atoms with E-state index in [2.05, 4.69) is 11.9 Å². The second-order valence-electron chi connectivity index (χ2n) is 7.83. The summed E-state index contributed by atoms with van der Waals surface area (Å²) in [6.07, 6.45) is -2.30. The molecule has 164 valence electrons. The van der Waals surface area contributed by atoms with Crippen molar-refractivity contribution in [3.05, 3.63) is 108 Å². The lowest BCUT2D eigenvalue weighted by molar-refractivity contribution is -0.138. The fraction of sp³-hybridized carbons (Fsp3) is 0.192. The Kier molecular flexibility index (Phi) is 5.78. The average Bonchev–Trinajstić information content (AvgIpc) is 3.19. The zero-order chi connectivity index (χ0) is 22.8. The number of ether oxygens (including phenoxy) is 1. The molecule has 3 aromatic rings. The summed E-state index contributed by atoms with van der Waals surface area (Å²) in [6.45, 7) is 3.41. The summed E-state index contributed by atoms with van der Waals surface area (Å²) in [6, 6.07) is 20.8. The van der Waals surface area contributed by atoms with E-state index in [4.69, 9.17) is 4.74 Å². The standard InChI is InChI=1S/C26H22F3NO2/c1-2-14-32-23-13-12-21(15-22(23)26(27,28)29)30-24(31)25(20-10-4-3-5-11-20)16-18-8-6-7-9-19(18)17-25/h2-13,15H,1,14,16-17H2,(H,30,31). The minimum atomic E-state index is -4.63. The van der Waals surface area contributed by atoms with Crippen molar-refractivity contribution < 1.29 is 22.7 Å². The number of alkyl halides is 3. The van der Waals surface area contributed by atoms with Crippen molar-refractivity contribution >= 4 is 11.6 Å². The van der Waals surface area contributed by atoms with Crippen LogP contribution >= 0.6 is 0 Å². The van der Waals surface area contributed by atoms with Gasteiger partial charge < -0.3 is 10.1 Å². The molecule has 1 aliphatic carbocycles. The summed E-state index contributed by atoms with van der Waals surface area (Å²) in [5.74, 6) is -0.644. The number of carbonyl (C=O) groups excluding carboxylic acids is 1. The molecule has 3 nitrogen and oxygen atoms in total. The molecule has 3 aromatic carbocycles. The molecule has 0 unspecified atom stereocenters. The van der Waals surface area contributed by atoms with Gasteiger partial charge in [-0.2, -0.15) is 13.2 Å². The van der Waals surface area contributed by atoms with E-state index < -0.39 is 17.2 Å². The van der Waals surface area contributed by atoms with Gasteiger partial charge in [-0.25, -0.2) is 0 Å². The topological polar surface area (TPSA) is 38.3 Å². The van der Waals surface area contributed by atoms with Crippen molar-refractivity contribution in [2.45, 2.75) is 24.4 Å². The number of rotatable bonds is 6. The van der Waals surface area contributed by atoms with E-state index >= 15 is 0 Å². The predicted molar refractivity (Wildman–Crippen MR) is 118 cm³/mol. The van der Waals surface area contributed by atoms with Gasteiger partial charge in [0.2, 0.25) is 5.91 Å². The summed E-state index contributed by atoms with van der Waals surface area (Å²) in [5, 5.41) is 2.74. The summed E-state index contributed by atoms with van der Waals surface area (Å²) in [5.41, 5.74) is 1.18. The van der Waals surface area contributed by atoms with Crippen LogP contribution in [0.5, 0.6) is 5.75 Å². The van der Waals surface area contributed by atoms with Crippen LogP contribution in [-0.2, 0) is 29.2 Å². The van der Waals surface area contributed by atoms with Crippen LogP contribution in [0.2, 0.25) is 0 Å². The Hall–Kier alpha value is -3.54. The van der Waals surface area contributed by atoms with Gasteiger partial charge in [-0.3, -0.25) is 4.79 Å². The fourth-order valence-electron chi connectivity index (χ4n) is 4.22. The lowest BCUT2D eigenvalue weighted by atomic mass is 9.76. The summed E-state index contributed by atoms with van der Waals surface area (Å²) < 4.78 is 45.9. The summed E-state index contributed by atoms with van der Waals surface area (Å²) in [4.78, 5) is 13.6. The third-order valence-electron chi connectivity index (χ3n) is 5.76. The van der Waals surface area contributed by atoms with Gasteiger partial charge in [-0.1, -0.05) is 67.3 Å². The molecular weight excluding hydrogens is 415 g/mol. The van der Waals surface area contributed by atoms with Gasteiger partial charge in [-0.15, -0.1) is 0 Å². The number of carbonyl (C=O) groups is 1. The summed E-state index contributed by atoms with van der Waals surface area (Å²) >= 11 is 0. The molecule has 4 rings (SSSR count). The number of hydrogen-bond acceptors (Lipinski definition) is 2. The van der Waals surface area contributed by atoms with Gasteiger partial charge in [0, 0.05) is 5.69 Å². The van der Waals surface area contributed by atoms with E-state index in [-0.39, 0.29) is 24.0 Å². The van der Waals surface area contributed by atoms with E-state index in [1.54, 1.807) is 0 Å². The number of halogens is 3. The van der Waals surface area contributed by atoms with Crippen molar-refractivity contribution in [1.82, 2.24) is 0 Å². The van der Waals surface area contributed by atoms with E-state index in [1.807, 2.05) is 54.6 Å². The maximum absolute atomic E-state index is 13.6. The highest BCUT2D eigenvalue weighted by Crippen LogP contribution is 2.42. The van der Waals surface area contributed by atoms with Gasteiger partial charge >= 0.3 is 6.18 Å². The first kappa shape index (κ1) is 21.7. The Labute approximate surface area is 184 Å². The first-order valence-electron chi connectivity index (χ1n) is 10.2. The maximum Gasteiger partial charge on any atom is 0.420 e. The van der Waals surface area contributed by atoms with Crippen LogP contribution in [0.15, 0.2) is 85.5 Å². The zero-order valence-corrected chi connectivity index (χ0v) is 17.3. The lowest BCUT2D eigenvalue weighted by Crippen LogP contribution is -2.41. The highest BCUT2D eigenvalue weighted by molar-refractivity contribution is 6.00. The molecule has 6 heteroatoms. The van der Waals surface area contributed by atoms with Gasteiger partial charge in [0.25, 0.3) is 0 Å². The normalized spacial score (nSPS) is 14.5. The van der Waals surface area contributed by atoms with E-state index in [9.17, 15) is 18.0 Å². The molecular formula is C26H22F3NO2. The van der Waals surface area contributed by atoms with Crippen molar-refractivity contribution in [1.29, 1.82) is 0 Å². The van der Waals surface area contributed by atoms with E-state index in [1.165, 1.54) is 18.2 Å². The van der Waals surface area contributed by atoms with Crippen LogP contribution in [0.3, 0.4) is 0 Å². The summed E-state index contributed by atoms with van der Waals surface area (Å²) in [7, 11) is 0. The molecule has 0 radical (unpaired) electrons.